The molecule has 12 heteroatoms. The number of rotatable bonds is 9. The smallest absolute Gasteiger partial charge is 0.303 e. The summed E-state index contributed by atoms with van der Waals surface area (Å²) in [5.41, 5.74) is 1.12. The Morgan fingerprint density at radius 2 is 2.08 bits per heavy atom. The van der Waals surface area contributed by atoms with Crippen LogP contribution in [0.2, 0.25) is 5.02 Å². The number of carbonyl (C=O) groups is 3. The molecular formula is C28H25ClFN3O6S. The van der Waals surface area contributed by atoms with E-state index in [0.29, 0.717) is 23.4 Å². The first-order valence-corrected chi connectivity index (χ1v) is 13.7. The van der Waals surface area contributed by atoms with E-state index in [9.17, 15) is 14.4 Å². The third-order valence-electron chi connectivity index (χ3n) is 6.87. The number of thiophene rings is 1. The Hall–Kier alpha value is -3.80. The number of likely N-dealkylation sites (tertiary alicyclic amines) is 1. The van der Waals surface area contributed by atoms with E-state index in [4.69, 9.17) is 26.0 Å². The predicted octanol–water partition coefficient (Wildman–Crippen LogP) is 5.48. The van der Waals surface area contributed by atoms with Gasteiger partial charge < -0.3 is 24.6 Å². The maximum Gasteiger partial charge on any atom is 0.303 e. The highest BCUT2D eigenvalue weighted by molar-refractivity contribution is 7.17. The van der Waals surface area contributed by atoms with Gasteiger partial charge in [-0.25, -0.2) is 4.39 Å². The van der Waals surface area contributed by atoms with Gasteiger partial charge in [0.1, 0.15) is 17.3 Å². The van der Waals surface area contributed by atoms with Crippen LogP contribution < -0.4 is 5.32 Å². The van der Waals surface area contributed by atoms with E-state index in [0.717, 1.165) is 16.2 Å². The average molecular weight is 586 g/mol. The van der Waals surface area contributed by atoms with Crippen molar-refractivity contribution in [2.24, 2.45) is 0 Å². The third kappa shape index (κ3) is 5.86. The molecule has 0 aliphatic carbocycles. The summed E-state index contributed by atoms with van der Waals surface area (Å²) in [6.07, 6.45) is -0.00796. The van der Waals surface area contributed by atoms with E-state index in [1.807, 2.05) is 24.3 Å². The van der Waals surface area contributed by atoms with Crippen LogP contribution in [0.3, 0.4) is 0 Å². The zero-order valence-electron chi connectivity index (χ0n) is 21.4. The molecule has 2 aromatic heterocycles. The number of methoxy groups -OCH3 is 1. The molecule has 9 nitrogen and oxygen atoms in total. The number of carboxylic acid groups (broad SMARTS) is 1. The lowest BCUT2D eigenvalue weighted by molar-refractivity contribution is -0.137. The molecule has 5 rings (SSSR count). The van der Waals surface area contributed by atoms with E-state index < -0.39 is 23.7 Å². The lowest BCUT2D eigenvalue weighted by Crippen LogP contribution is -2.33. The van der Waals surface area contributed by atoms with Crippen molar-refractivity contribution in [3.05, 3.63) is 81.3 Å². The topological polar surface area (TPSA) is 122 Å². The number of halogens is 2. The molecule has 1 fully saturated rings. The fraction of sp³-hybridized carbons (Fsp3) is 0.286. The summed E-state index contributed by atoms with van der Waals surface area (Å²) in [6.45, 7) is 0.273. The highest BCUT2D eigenvalue weighted by Gasteiger charge is 2.38. The van der Waals surface area contributed by atoms with Crippen molar-refractivity contribution in [3.8, 4) is 0 Å². The molecule has 0 radical (unpaired) electrons. The number of aromatic nitrogens is 1. The van der Waals surface area contributed by atoms with Gasteiger partial charge in [0.25, 0.3) is 5.91 Å². The number of hydrogen-bond donors (Lipinski definition) is 2. The number of carboxylic acids is 1. The van der Waals surface area contributed by atoms with E-state index >= 15 is 4.39 Å². The van der Waals surface area contributed by atoms with Gasteiger partial charge in [0.2, 0.25) is 5.91 Å². The van der Waals surface area contributed by atoms with Crippen molar-refractivity contribution < 1.29 is 33.1 Å². The average Bonchev–Trinajstić information content (AvgIpc) is 3.68. The monoisotopic (exact) mass is 585 g/mol. The Morgan fingerprint density at radius 1 is 1.27 bits per heavy atom. The Kier molecular flexibility index (Phi) is 8.15. The molecule has 0 saturated carbocycles. The molecule has 2 aromatic carbocycles. The lowest BCUT2D eigenvalue weighted by atomic mass is 10.1. The first-order valence-electron chi connectivity index (χ1n) is 12.5. The standard InChI is InChI=1S/C28H25ClFN3O6S/c1-38-17-11-24(23-10-16(39-32-23)6-7-27(35)36)33(13-17)26(34)9-15-8-20(29)22(12-21(15)30)31-28(37)19-14-40-25-5-3-2-4-18(19)25/h2-5,8,10,12,14,17,24H,6-7,9,11,13H2,1H3,(H,31,37)(H,35,36)/t17-,24-/m0/s1. The normalized spacial score (nSPS) is 16.9. The number of aryl methyl sites for hydroxylation is 1. The van der Waals surface area contributed by atoms with Crippen molar-refractivity contribution in [2.45, 2.75) is 37.8 Å². The molecule has 4 aromatic rings. The van der Waals surface area contributed by atoms with Crippen LogP contribution in [0.4, 0.5) is 10.1 Å². The zero-order chi connectivity index (χ0) is 28.4. The molecule has 1 aliphatic heterocycles. The number of aliphatic carboxylic acids is 1. The molecular weight excluding hydrogens is 561 g/mol. The Labute approximate surface area is 237 Å². The van der Waals surface area contributed by atoms with Gasteiger partial charge >= 0.3 is 5.97 Å². The van der Waals surface area contributed by atoms with Gasteiger partial charge in [-0.1, -0.05) is 35.0 Å². The number of ether oxygens (including phenoxy) is 1. The minimum absolute atomic E-state index is 0.0795. The van der Waals surface area contributed by atoms with Crippen molar-refractivity contribution in [2.75, 3.05) is 19.0 Å². The summed E-state index contributed by atoms with van der Waals surface area (Å²) in [7, 11) is 1.54. The molecule has 0 bridgehead atoms. The van der Waals surface area contributed by atoms with Crippen LogP contribution >= 0.6 is 22.9 Å². The number of carbonyl (C=O) groups excluding carboxylic acids is 2. The van der Waals surface area contributed by atoms with Crippen LogP contribution in [0.15, 0.2) is 52.4 Å². The molecule has 1 saturated heterocycles. The SMILES string of the molecule is CO[C@H]1C[C@@H](c2cc(CCC(=O)O)on2)N(C(=O)Cc2cc(Cl)c(NC(=O)c3csc4ccccc34)cc2F)C1. The summed E-state index contributed by atoms with van der Waals surface area (Å²) in [5, 5.41) is 18.3. The number of nitrogens with one attached hydrogen (secondary N) is 1. The highest BCUT2D eigenvalue weighted by Crippen LogP contribution is 2.35. The summed E-state index contributed by atoms with van der Waals surface area (Å²) >= 11 is 7.84. The largest absolute Gasteiger partial charge is 0.481 e. The number of nitrogens with zero attached hydrogens (tertiary/aromatic N) is 2. The van der Waals surface area contributed by atoms with Gasteiger partial charge in [0.05, 0.1) is 41.3 Å². The fourth-order valence-electron chi connectivity index (χ4n) is 4.79. The predicted molar refractivity (Wildman–Crippen MR) is 147 cm³/mol. The number of benzene rings is 2. The molecule has 2 atom stereocenters. The second-order valence-corrected chi connectivity index (χ2v) is 10.8. The van der Waals surface area contributed by atoms with Gasteiger partial charge in [-0.05, 0) is 23.8 Å². The van der Waals surface area contributed by atoms with Crippen molar-refractivity contribution in [1.29, 1.82) is 0 Å². The van der Waals surface area contributed by atoms with E-state index in [2.05, 4.69) is 10.5 Å². The van der Waals surface area contributed by atoms with E-state index in [1.165, 1.54) is 17.4 Å². The van der Waals surface area contributed by atoms with Crippen molar-refractivity contribution in [1.82, 2.24) is 10.1 Å². The maximum absolute atomic E-state index is 15.2. The van der Waals surface area contributed by atoms with Crippen LogP contribution in [0, 0.1) is 5.82 Å². The minimum Gasteiger partial charge on any atom is -0.481 e. The van der Waals surface area contributed by atoms with Crippen molar-refractivity contribution in [3.63, 3.8) is 0 Å². The van der Waals surface area contributed by atoms with Crippen LogP contribution in [-0.4, -0.2) is 52.7 Å². The lowest BCUT2D eigenvalue weighted by Gasteiger charge is -2.23. The number of anilines is 1. The summed E-state index contributed by atoms with van der Waals surface area (Å²) in [4.78, 5) is 38.7. The molecule has 0 unspecified atom stereocenters. The molecule has 40 heavy (non-hydrogen) atoms. The van der Waals surface area contributed by atoms with Gasteiger partial charge in [-0.2, -0.15) is 0 Å². The summed E-state index contributed by atoms with van der Waals surface area (Å²) in [6, 6.07) is 11.1. The van der Waals surface area contributed by atoms with Gasteiger partial charge in [0, 0.05) is 48.0 Å². The van der Waals surface area contributed by atoms with Crippen LogP contribution in [0.5, 0.6) is 0 Å². The minimum atomic E-state index is -0.957. The molecule has 1 aliphatic rings. The van der Waals surface area contributed by atoms with Crippen molar-refractivity contribution >= 4 is 56.5 Å². The highest BCUT2D eigenvalue weighted by atomic mass is 35.5. The van der Waals surface area contributed by atoms with Gasteiger partial charge in [-0.3, -0.25) is 14.4 Å². The Bertz CT molecular complexity index is 1590. The van der Waals surface area contributed by atoms with E-state index in [1.54, 1.807) is 23.5 Å². The molecule has 208 valence electrons. The molecule has 2 amide bonds. The first-order chi connectivity index (χ1) is 19.2. The van der Waals surface area contributed by atoms with Gasteiger partial charge in [0.15, 0.2) is 0 Å². The third-order valence-corrected chi connectivity index (χ3v) is 8.15. The Morgan fingerprint density at radius 3 is 2.85 bits per heavy atom. The fourth-order valence-corrected chi connectivity index (χ4v) is 5.96. The quantitative estimate of drug-likeness (QED) is 0.267. The molecule has 3 heterocycles. The maximum atomic E-state index is 15.2. The van der Waals surface area contributed by atoms with Crippen LogP contribution in [0.25, 0.3) is 10.1 Å². The molecule has 0 spiro atoms. The first kappa shape index (κ1) is 27.8. The second-order valence-electron chi connectivity index (χ2n) is 9.47. The van der Waals surface area contributed by atoms with Crippen LogP contribution in [-0.2, 0) is 27.2 Å². The Balaban J connectivity index is 1.30. The number of fused-ring (bicyclic) bond motifs is 1. The number of hydrogen-bond acceptors (Lipinski definition) is 7. The van der Waals surface area contributed by atoms with E-state index in [-0.39, 0.29) is 54.1 Å². The summed E-state index contributed by atoms with van der Waals surface area (Å²) < 4.78 is 26.9. The molecule has 2 N–H and O–H groups in total. The van der Waals surface area contributed by atoms with Crippen LogP contribution in [0.1, 0.15) is 46.3 Å². The number of amides is 2. The van der Waals surface area contributed by atoms with Gasteiger partial charge in [-0.15, -0.1) is 11.3 Å². The zero-order valence-corrected chi connectivity index (χ0v) is 22.9. The second kappa shape index (κ2) is 11.7. The summed E-state index contributed by atoms with van der Waals surface area (Å²) in [5.74, 6) is -2.02.